The summed E-state index contributed by atoms with van der Waals surface area (Å²) >= 11 is 0. The minimum atomic E-state index is -2.76. The standard InChI is InChI=1S/C48H27BN2OSi/c1-2-14-29-28(13-1)27-35-32-18-11-19-34-43-33-17-3-7-22-38(33)52-48(43)51(45(32)34)49-36-20-12-26-42-47(36)50(46(29)44(35)49)37-21-6-10-25-41(37)53(42)39-23-8-4-15-30(39)31-16-5-9-24-40(31)53/h1-27H. The molecule has 6 heterocycles. The van der Waals surface area contributed by atoms with Gasteiger partial charge in [-0.25, -0.2) is 0 Å². The Morgan fingerprint density at radius 1 is 0.491 bits per heavy atom. The zero-order valence-electron chi connectivity index (χ0n) is 28.5. The van der Waals surface area contributed by atoms with Gasteiger partial charge in [0.05, 0.1) is 11.1 Å². The van der Waals surface area contributed by atoms with E-state index in [1.165, 1.54) is 103 Å². The molecule has 4 aliphatic heterocycles. The molecule has 0 bridgehead atoms. The molecule has 5 heteroatoms. The third-order valence-corrected chi connectivity index (χ3v) is 17.9. The van der Waals surface area contributed by atoms with Gasteiger partial charge in [-0.3, -0.25) is 0 Å². The Balaban J connectivity index is 1.23. The van der Waals surface area contributed by atoms with Crippen LogP contribution < -0.4 is 36.6 Å². The normalized spacial score (nSPS) is 14.9. The molecule has 2 aromatic heterocycles. The van der Waals surface area contributed by atoms with Crippen LogP contribution in [0.15, 0.2) is 168 Å². The van der Waals surface area contributed by atoms with Gasteiger partial charge >= 0.3 is 6.85 Å². The quantitative estimate of drug-likeness (QED) is 0.152. The predicted octanol–water partition coefficient (Wildman–Crippen LogP) is 7.78. The van der Waals surface area contributed by atoms with E-state index in [0.717, 1.165) is 11.3 Å². The second-order valence-corrected chi connectivity index (χ2v) is 18.8. The van der Waals surface area contributed by atoms with Crippen LogP contribution in [0.25, 0.3) is 66.0 Å². The van der Waals surface area contributed by atoms with Crippen molar-refractivity contribution in [2.75, 3.05) is 4.90 Å². The Kier molecular flexibility index (Phi) is 4.65. The topological polar surface area (TPSA) is 21.3 Å². The van der Waals surface area contributed by atoms with Crippen LogP contribution in [0.3, 0.4) is 0 Å². The van der Waals surface area contributed by atoms with Gasteiger partial charge < -0.3 is 13.8 Å². The molecule has 14 rings (SSSR count). The second-order valence-electron chi connectivity index (χ2n) is 15.1. The summed E-state index contributed by atoms with van der Waals surface area (Å²) in [7, 11) is -2.76. The highest BCUT2D eigenvalue weighted by Crippen LogP contribution is 2.50. The van der Waals surface area contributed by atoms with Crippen molar-refractivity contribution < 1.29 is 4.42 Å². The van der Waals surface area contributed by atoms with Crippen molar-refractivity contribution in [3.63, 3.8) is 0 Å². The van der Waals surface area contributed by atoms with Crippen LogP contribution in [-0.2, 0) is 0 Å². The maximum Gasteiger partial charge on any atom is 0.336 e. The summed E-state index contributed by atoms with van der Waals surface area (Å²) in [6, 6.07) is 62.0. The summed E-state index contributed by atoms with van der Waals surface area (Å²) in [6.07, 6.45) is 0. The molecule has 0 unspecified atom stereocenters. The summed E-state index contributed by atoms with van der Waals surface area (Å²) in [4.78, 5) is 2.67. The van der Waals surface area contributed by atoms with Crippen molar-refractivity contribution in [3.05, 3.63) is 164 Å². The van der Waals surface area contributed by atoms with E-state index in [1.807, 2.05) is 0 Å². The first-order valence-corrected chi connectivity index (χ1v) is 20.6. The van der Waals surface area contributed by atoms with Gasteiger partial charge in [-0.1, -0.05) is 146 Å². The third kappa shape index (κ3) is 2.88. The van der Waals surface area contributed by atoms with Crippen molar-refractivity contribution in [1.29, 1.82) is 0 Å². The van der Waals surface area contributed by atoms with E-state index < -0.39 is 8.07 Å². The van der Waals surface area contributed by atoms with E-state index in [0.29, 0.717) is 0 Å². The highest BCUT2D eigenvalue weighted by molar-refractivity contribution is 7.24. The van der Waals surface area contributed by atoms with Crippen LogP contribution in [-0.4, -0.2) is 19.4 Å². The maximum absolute atomic E-state index is 6.96. The first kappa shape index (κ1) is 27.1. The molecule has 0 aliphatic carbocycles. The third-order valence-electron chi connectivity index (χ3n) is 12.9. The van der Waals surface area contributed by atoms with Crippen molar-refractivity contribution in [1.82, 2.24) is 4.48 Å². The van der Waals surface area contributed by atoms with Gasteiger partial charge in [0.1, 0.15) is 5.58 Å². The predicted molar refractivity (Wildman–Crippen MR) is 223 cm³/mol. The molecule has 0 saturated heterocycles. The van der Waals surface area contributed by atoms with Gasteiger partial charge in [0.2, 0.25) is 0 Å². The largest absolute Gasteiger partial charge is 0.441 e. The van der Waals surface area contributed by atoms with Crippen molar-refractivity contribution in [3.8, 4) is 22.3 Å². The molecule has 10 aromatic rings. The summed E-state index contributed by atoms with van der Waals surface area (Å²) in [6.45, 7) is -0.0746. The molecule has 8 aromatic carbocycles. The molecule has 3 nitrogen and oxygen atoms in total. The van der Waals surface area contributed by atoms with Gasteiger partial charge in [0.15, 0.2) is 13.8 Å². The number of benzene rings is 8. The highest BCUT2D eigenvalue weighted by Gasteiger charge is 2.57. The average molecular weight is 687 g/mol. The van der Waals surface area contributed by atoms with E-state index in [1.54, 1.807) is 0 Å². The zero-order valence-corrected chi connectivity index (χ0v) is 29.5. The number of hydrogen-bond donors (Lipinski definition) is 0. The van der Waals surface area contributed by atoms with Crippen LogP contribution in [0.5, 0.6) is 0 Å². The second kappa shape index (κ2) is 9.08. The summed E-state index contributed by atoms with van der Waals surface area (Å²) < 4.78 is 9.53. The van der Waals surface area contributed by atoms with Gasteiger partial charge in [0, 0.05) is 38.6 Å². The Hall–Kier alpha value is -6.56. The number of anilines is 3. The molecule has 4 aliphatic rings. The van der Waals surface area contributed by atoms with Crippen LogP contribution in [0.4, 0.5) is 17.1 Å². The number of rotatable bonds is 0. The van der Waals surface area contributed by atoms with E-state index >= 15 is 0 Å². The Bertz CT molecular complexity index is 3290. The monoisotopic (exact) mass is 686 g/mol. The van der Waals surface area contributed by atoms with E-state index in [-0.39, 0.29) is 6.85 Å². The Labute approximate surface area is 306 Å². The van der Waals surface area contributed by atoms with Gasteiger partial charge in [-0.2, -0.15) is 0 Å². The first-order chi connectivity index (χ1) is 26.3. The number of nitrogens with zero attached hydrogens (tertiary/aromatic N) is 2. The lowest BCUT2D eigenvalue weighted by molar-refractivity contribution is 0.651. The molecular formula is C48H27BN2OSi. The van der Waals surface area contributed by atoms with Crippen LogP contribution in [0, 0.1) is 0 Å². The number of aromatic nitrogens is 1. The summed E-state index contributed by atoms with van der Waals surface area (Å²) in [5.74, 6) is 0. The lowest BCUT2D eigenvalue weighted by Gasteiger charge is -2.49. The fourth-order valence-electron chi connectivity index (χ4n) is 11.2. The average Bonchev–Trinajstić information content (AvgIpc) is 3.85. The van der Waals surface area contributed by atoms with Gasteiger partial charge in [-0.15, -0.1) is 0 Å². The molecule has 0 radical (unpaired) electrons. The van der Waals surface area contributed by atoms with Crippen LogP contribution in [0.1, 0.15) is 0 Å². The van der Waals surface area contributed by atoms with Crippen molar-refractivity contribution >= 4 is 107 Å². The van der Waals surface area contributed by atoms with Crippen LogP contribution >= 0.6 is 0 Å². The Morgan fingerprint density at radius 2 is 1.13 bits per heavy atom. The minimum Gasteiger partial charge on any atom is -0.441 e. The van der Waals surface area contributed by atoms with Gasteiger partial charge in [0.25, 0.3) is 0 Å². The summed E-state index contributed by atoms with van der Waals surface area (Å²) in [5, 5.41) is 12.1. The smallest absolute Gasteiger partial charge is 0.336 e. The van der Waals surface area contributed by atoms with Crippen molar-refractivity contribution in [2.24, 2.45) is 0 Å². The molecule has 242 valence electrons. The number of hydrogen-bond acceptors (Lipinski definition) is 2. The molecule has 0 N–H and O–H groups in total. The van der Waals surface area contributed by atoms with Crippen molar-refractivity contribution in [2.45, 2.75) is 0 Å². The SMILES string of the molecule is c1ccc2c(c1)-c1ccccc1[Si]21c2ccccc2N2c3c(cccc31)B1c3c(cc4ccccc4c32)-c2cccc3c4c5ccccc5oc4n1c23. The minimum absolute atomic E-state index is 0.0746. The molecule has 0 amide bonds. The van der Waals surface area contributed by atoms with E-state index in [9.17, 15) is 0 Å². The highest BCUT2D eigenvalue weighted by atomic mass is 28.3. The zero-order chi connectivity index (χ0) is 34.2. The number of furan rings is 1. The molecule has 0 fully saturated rings. The summed E-state index contributed by atoms with van der Waals surface area (Å²) in [5.41, 5.74) is 15.1. The lowest BCUT2D eigenvalue weighted by Crippen LogP contribution is -2.77. The van der Waals surface area contributed by atoms with Gasteiger partial charge in [-0.05, 0) is 71.9 Å². The Morgan fingerprint density at radius 3 is 1.98 bits per heavy atom. The first-order valence-electron chi connectivity index (χ1n) is 18.6. The molecule has 53 heavy (non-hydrogen) atoms. The maximum atomic E-state index is 6.96. The molecule has 1 spiro atoms. The fourth-order valence-corrected chi connectivity index (χ4v) is 16.7. The number of para-hydroxylation sites is 4. The van der Waals surface area contributed by atoms with Crippen LogP contribution in [0.2, 0.25) is 0 Å². The molecular weight excluding hydrogens is 659 g/mol. The van der Waals surface area contributed by atoms with E-state index in [4.69, 9.17) is 4.42 Å². The molecule has 0 saturated carbocycles. The fraction of sp³-hybridized carbons (Fsp3) is 0. The molecule has 0 atom stereocenters. The number of fused-ring (bicyclic) bond motifs is 20. The lowest BCUT2D eigenvalue weighted by atomic mass is 9.45. The van der Waals surface area contributed by atoms with E-state index in [2.05, 4.69) is 173 Å².